The monoisotopic (exact) mass is 466 g/mol. The number of hydrogen-bond donors (Lipinski definition) is 2. The van der Waals surface area contributed by atoms with Crippen molar-refractivity contribution < 1.29 is 35.9 Å². The first-order valence-corrected chi connectivity index (χ1v) is 10.0. The highest BCUT2D eigenvalue weighted by atomic mass is 19.4. The SMILES string of the molecule is C=C(CCC(CC)CC(=O)Nc1cc(C(F)(F)F)cc(C(F)(F)F)c1)C(=O)C(C)(C)CN. The summed E-state index contributed by atoms with van der Waals surface area (Å²) in [5.41, 5.74) is 1.57. The molecule has 0 radical (unpaired) electrons. The van der Waals surface area contributed by atoms with Crippen LogP contribution in [0.4, 0.5) is 32.0 Å². The molecule has 1 unspecified atom stereocenters. The summed E-state index contributed by atoms with van der Waals surface area (Å²) in [6, 6.07) is 0.920. The normalized spacial score (nSPS) is 13.6. The zero-order valence-electron chi connectivity index (χ0n) is 18.2. The number of halogens is 6. The predicted molar refractivity (Wildman–Crippen MR) is 110 cm³/mol. The standard InChI is InChI=1S/C22H28F6N2O2/c1-5-14(7-6-13(2)19(32)20(3,4)12-29)8-18(31)30-17-10-15(21(23,24)25)9-16(11-17)22(26,27)28/h9-11,14H,2,5-8,12,29H2,1,3-4H3,(H,30,31). The van der Waals surface area contributed by atoms with Crippen LogP contribution in [-0.4, -0.2) is 18.2 Å². The minimum Gasteiger partial charge on any atom is -0.329 e. The lowest BCUT2D eigenvalue weighted by molar-refractivity contribution is -0.143. The Hall–Kier alpha value is -2.36. The van der Waals surface area contributed by atoms with Crippen LogP contribution in [-0.2, 0) is 21.9 Å². The Morgan fingerprint density at radius 3 is 1.94 bits per heavy atom. The number of amides is 1. The van der Waals surface area contributed by atoms with Crippen molar-refractivity contribution in [2.75, 3.05) is 11.9 Å². The fraction of sp³-hybridized carbons (Fsp3) is 0.545. The molecule has 0 heterocycles. The van der Waals surface area contributed by atoms with Crippen molar-refractivity contribution in [3.63, 3.8) is 0 Å². The summed E-state index contributed by atoms with van der Waals surface area (Å²) in [6.07, 6.45) is -8.91. The van der Waals surface area contributed by atoms with Gasteiger partial charge in [-0.2, -0.15) is 26.3 Å². The second-order valence-electron chi connectivity index (χ2n) is 8.38. The summed E-state index contributed by atoms with van der Waals surface area (Å²) in [5.74, 6) is -1.15. The molecule has 0 spiro atoms. The van der Waals surface area contributed by atoms with Gasteiger partial charge in [-0.15, -0.1) is 0 Å². The van der Waals surface area contributed by atoms with E-state index in [0.717, 1.165) is 0 Å². The summed E-state index contributed by atoms with van der Waals surface area (Å²) < 4.78 is 77.8. The maximum absolute atomic E-state index is 13.0. The Labute approximate surface area is 183 Å². The third-order valence-corrected chi connectivity index (χ3v) is 5.22. The highest BCUT2D eigenvalue weighted by Crippen LogP contribution is 2.37. The molecule has 0 bridgehead atoms. The average Bonchev–Trinajstić information content (AvgIpc) is 2.68. The van der Waals surface area contributed by atoms with Crippen molar-refractivity contribution >= 4 is 17.4 Å². The molecule has 1 aromatic carbocycles. The van der Waals surface area contributed by atoms with E-state index in [-0.39, 0.29) is 30.7 Å². The summed E-state index contributed by atoms with van der Waals surface area (Å²) >= 11 is 0. The summed E-state index contributed by atoms with van der Waals surface area (Å²) in [7, 11) is 0. The van der Waals surface area contributed by atoms with Gasteiger partial charge in [0, 0.05) is 24.1 Å². The summed E-state index contributed by atoms with van der Waals surface area (Å²) in [5, 5.41) is 2.13. The van der Waals surface area contributed by atoms with Gasteiger partial charge in [-0.25, -0.2) is 0 Å². The maximum Gasteiger partial charge on any atom is 0.416 e. The molecule has 0 saturated carbocycles. The predicted octanol–water partition coefficient (Wildman–Crippen LogP) is 5.97. The van der Waals surface area contributed by atoms with Gasteiger partial charge in [-0.05, 0) is 42.5 Å². The van der Waals surface area contributed by atoms with Crippen LogP contribution in [0.5, 0.6) is 0 Å². The molecule has 1 amide bonds. The van der Waals surface area contributed by atoms with Crippen molar-refractivity contribution in [3.8, 4) is 0 Å². The maximum atomic E-state index is 13.0. The van der Waals surface area contributed by atoms with Gasteiger partial charge in [0.15, 0.2) is 5.78 Å². The van der Waals surface area contributed by atoms with Gasteiger partial charge < -0.3 is 11.1 Å². The average molecular weight is 466 g/mol. The Morgan fingerprint density at radius 2 is 1.53 bits per heavy atom. The summed E-state index contributed by atoms with van der Waals surface area (Å²) in [4.78, 5) is 24.7. The lowest BCUT2D eigenvalue weighted by Gasteiger charge is -2.23. The molecule has 1 atom stereocenters. The van der Waals surface area contributed by atoms with Crippen molar-refractivity contribution in [2.24, 2.45) is 17.1 Å². The molecule has 1 aromatic rings. The third kappa shape index (κ3) is 7.96. The first-order valence-electron chi connectivity index (χ1n) is 10.0. The highest BCUT2D eigenvalue weighted by molar-refractivity contribution is 5.99. The van der Waals surface area contributed by atoms with Crippen LogP contribution in [0.1, 0.15) is 57.6 Å². The lowest BCUT2D eigenvalue weighted by Crippen LogP contribution is -2.33. The molecule has 1 rings (SSSR count). The fourth-order valence-electron chi connectivity index (χ4n) is 3.01. The molecule has 0 aliphatic carbocycles. The van der Waals surface area contributed by atoms with E-state index in [0.29, 0.717) is 37.0 Å². The number of Topliss-reactive ketones (excluding diaryl/α,β-unsaturated/α-hetero) is 1. The Bertz CT molecular complexity index is 812. The molecule has 0 fully saturated rings. The van der Waals surface area contributed by atoms with Crippen LogP contribution in [0.25, 0.3) is 0 Å². The number of nitrogens with one attached hydrogen (secondary N) is 1. The van der Waals surface area contributed by atoms with E-state index in [1.165, 1.54) is 0 Å². The summed E-state index contributed by atoms with van der Waals surface area (Å²) in [6.45, 7) is 9.08. The van der Waals surface area contributed by atoms with E-state index >= 15 is 0 Å². The second-order valence-corrected chi connectivity index (χ2v) is 8.38. The number of carbonyl (C=O) groups is 2. The third-order valence-electron chi connectivity index (χ3n) is 5.22. The van der Waals surface area contributed by atoms with E-state index in [1.54, 1.807) is 20.8 Å². The van der Waals surface area contributed by atoms with Crippen LogP contribution >= 0.6 is 0 Å². The Morgan fingerprint density at radius 1 is 1.03 bits per heavy atom. The van der Waals surface area contributed by atoms with E-state index in [4.69, 9.17) is 5.73 Å². The molecule has 0 aromatic heterocycles. The molecule has 180 valence electrons. The van der Waals surface area contributed by atoms with Crippen LogP contribution in [0.15, 0.2) is 30.4 Å². The number of alkyl halides is 6. The highest BCUT2D eigenvalue weighted by Gasteiger charge is 2.37. The van der Waals surface area contributed by atoms with Gasteiger partial charge in [0.2, 0.25) is 5.91 Å². The van der Waals surface area contributed by atoms with Crippen molar-refractivity contribution in [1.82, 2.24) is 0 Å². The zero-order valence-corrected chi connectivity index (χ0v) is 18.2. The van der Waals surface area contributed by atoms with Crippen molar-refractivity contribution in [2.45, 2.75) is 58.8 Å². The topological polar surface area (TPSA) is 72.2 Å². The smallest absolute Gasteiger partial charge is 0.329 e. The quantitative estimate of drug-likeness (QED) is 0.330. The number of ketones is 1. The molecule has 0 aliphatic heterocycles. The molecular formula is C22H28F6N2O2. The second kappa shape index (κ2) is 10.5. The van der Waals surface area contributed by atoms with Gasteiger partial charge in [0.05, 0.1) is 11.1 Å². The number of nitrogens with two attached hydrogens (primary N) is 1. The van der Waals surface area contributed by atoms with Crippen LogP contribution in [0.3, 0.4) is 0 Å². The van der Waals surface area contributed by atoms with Gasteiger partial charge in [0.25, 0.3) is 0 Å². The number of allylic oxidation sites excluding steroid dienone is 1. The van der Waals surface area contributed by atoms with Gasteiger partial charge in [-0.3, -0.25) is 9.59 Å². The van der Waals surface area contributed by atoms with Crippen molar-refractivity contribution in [3.05, 3.63) is 41.5 Å². The Balaban J connectivity index is 2.87. The zero-order chi connectivity index (χ0) is 24.9. The molecule has 10 heteroatoms. The molecule has 0 aliphatic rings. The minimum atomic E-state index is -5.00. The molecule has 4 nitrogen and oxygen atoms in total. The molecule has 32 heavy (non-hydrogen) atoms. The number of carbonyl (C=O) groups excluding carboxylic acids is 2. The Kier molecular flexibility index (Phi) is 9.08. The van der Waals surface area contributed by atoms with E-state index in [1.807, 2.05) is 0 Å². The van der Waals surface area contributed by atoms with Gasteiger partial charge in [0.1, 0.15) is 0 Å². The van der Waals surface area contributed by atoms with E-state index in [2.05, 4.69) is 11.9 Å². The number of rotatable bonds is 10. The van der Waals surface area contributed by atoms with E-state index in [9.17, 15) is 35.9 Å². The minimum absolute atomic E-state index is 0.00401. The van der Waals surface area contributed by atoms with Crippen LogP contribution in [0, 0.1) is 11.3 Å². The van der Waals surface area contributed by atoms with Crippen LogP contribution < -0.4 is 11.1 Å². The van der Waals surface area contributed by atoms with Gasteiger partial charge in [-0.1, -0.05) is 33.8 Å². The molecule has 0 saturated heterocycles. The number of hydrogen-bond acceptors (Lipinski definition) is 3. The van der Waals surface area contributed by atoms with Gasteiger partial charge >= 0.3 is 12.4 Å². The first kappa shape index (κ1) is 27.7. The molecule has 3 N–H and O–H groups in total. The first-order chi connectivity index (χ1) is 14.5. The number of benzene rings is 1. The van der Waals surface area contributed by atoms with E-state index < -0.39 is 40.5 Å². The molecular weight excluding hydrogens is 438 g/mol. The lowest BCUT2D eigenvalue weighted by atomic mass is 9.82. The number of anilines is 1. The van der Waals surface area contributed by atoms with Crippen molar-refractivity contribution in [1.29, 1.82) is 0 Å². The largest absolute Gasteiger partial charge is 0.416 e. The fourth-order valence-corrected chi connectivity index (χ4v) is 3.01. The van der Waals surface area contributed by atoms with Crippen LogP contribution in [0.2, 0.25) is 0 Å².